The molecule has 0 bridgehead atoms. The van der Waals surface area contributed by atoms with Crippen molar-refractivity contribution in [2.24, 2.45) is 0 Å². The van der Waals surface area contributed by atoms with Crippen LogP contribution in [0.25, 0.3) is 22.3 Å². The first-order valence-corrected chi connectivity index (χ1v) is 22.9. The zero-order chi connectivity index (χ0) is 53.2. The molecule has 0 aliphatic carbocycles. The molecule has 0 fully saturated rings. The van der Waals surface area contributed by atoms with Gasteiger partial charge in [0, 0.05) is 11.0 Å². The molecule has 1 unspecified atom stereocenters. The van der Waals surface area contributed by atoms with Gasteiger partial charge in [-0.25, -0.2) is 8.42 Å². The number of para-hydroxylation sites is 1. The van der Waals surface area contributed by atoms with E-state index >= 15 is 0 Å². The van der Waals surface area contributed by atoms with E-state index in [4.69, 9.17) is 9.47 Å². The average Bonchev–Trinajstić information content (AvgIpc) is 3.32. The Morgan fingerprint density at radius 2 is 0.817 bits per heavy atom. The van der Waals surface area contributed by atoms with Crippen LogP contribution in [0.2, 0.25) is 0 Å². The Morgan fingerprint density at radius 1 is 0.437 bits per heavy atom. The van der Waals surface area contributed by atoms with Gasteiger partial charge < -0.3 is 14.0 Å². The number of methoxy groups -OCH3 is 2. The fraction of sp³-hybridized carbons (Fsp3) is 0.217. The lowest BCUT2D eigenvalue weighted by Crippen LogP contribution is -2.75. The number of ether oxygens (including phenoxy) is 2. The summed E-state index contributed by atoms with van der Waals surface area (Å²) in [6.07, 6.45) is -7.89. The molecule has 0 heterocycles. The second-order valence-corrected chi connectivity index (χ2v) is 19.1. The molecule has 0 N–H and O–H groups in total. The van der Waals surface area contributed by atoms with Gasteiger partial charge in [0.15, 0.2) is 25.7 Å². The van der Waals surface area contributed by atoms with Crippen molar-refractivity contribution < 1.29 is 97.1 Å². The number of benzene rings is 6. The summed E-state index contributed by atoms with van der Waals surface area (Å²) < 4.78 is 256. The molecule has 0 saturated heterocycles. The monoisotopic (exact) mass is 1080 g/mol. The largest absolute Gasteiger partial charge is 0.743 e. The highest BCUT2D eigenvalue weighted by atomic mass is 32.2. The topological polar surface area (TPSA) is 75.7 Å². The highest BCUT2D eigenvalue weighted by Gasteiger charge is 2.95. The fourth-order valence-corrected chi connectivity index (χ4v) is 9.76. The fourth-order valence-electron chi connectivity index (χ4n) is 6.23. The third-order valence-electron chi connectivity index (χ3n) is 10.1. The lowest BCUT2D eigenvalue weighted by Gasteiger charge is -2.42. The normalized spacial score (nSPS) is 13.7. The number of rotatable bonds is 16. The zero-order valence-electron chi connectivity index (χ0n) is 35.6. The van der Waals surface area contributed by atoms with E-state index in [1.54, 1.807) is 26.0 Å². The van der Waals surface area contributed by atoms with Crippen LogP contribution in [-0.4, -0.2) is 74.2 Å². The van der Waals surface area contributed by atoms with Gasteiger partial charge in [-0.1, -0.05) is 96.7 Å². The van der Waals surface area contributed by atoms with E-state index in [2.05, 4.69) is 127 Å². The first-order valence-electron chi connectivity index (χ1n) is 19.4. The minimum Gasteiger partial charge on any atom is -0.743 e. The molecule has 0 radical (unpaired) electrons. The molecule has 6 aromatic rings. The molecule has 25 heteroatoms. The van der Waals surface area contributed by atoms with Crippen LogP contribution >= 0.6 is 11.8 Å². The predicted octanol–water partition coefficient (Wildman–Crippen LogP) is 14.8. The number of hydrogen-bond acceptors (Lipinski definition) is 6. The second kappa shape index (κ2) is 20.5. The number of halogens is 17. The van der Waals surface area contributed by atoms with Crippen LogP contribution in [0.5, 0.6) is 11.5 Å². The van der Waals surface area contributed by atoms with Crippen LogP contribution in [0.1, 0.15) is 0 Å². The predicted molar refractivity (Wildman–Crippen MR) is 226 cm³/mol. The molecule has 0 spiro atoms. The molecule has 6 rings (SSSR count). The summed E-state index contributed by atoms with van der Waals surface area (Å²) >= 11 is 1.72. The van der Waals surface area contributed by atoms with Gasteiger partial charge in [-0.3, -0.25) is 0 Å². The summed E-state index contributed by atoms with van der Waals surface area (Å²) in [4.78, 5) is 5.79. The SMILES string of the molecule is COc1cc([S+](c2ccc(-c3ccccc3)cc2)c2ccccc2OC)ccc1Sc1ccc(-c2ccccc2)cc1.O=S(=O)([O-])C(F)(F)C(F)(F)C(F)(F)C(F)(F)C(F)(F)C(F)(F)C(F)(F)C(F)(F)F. The van der Waals surface area contributed by atoms with Crippen molar-refractivity contribution in [1.29, 1.82) is 0 Å². The van der Waals surface area contributed by atoms with Crippen molar-refractivity contribution in [2.45, 2.75) is 71.4 Å². The molecule has 0 aromatic heterocycles. The smallest absolute Gasteiger partial charge is 0.460 e. The maximum Gasteiger partial charge on any atom is 0.460 e. The molecule has 0 aliphatic heterocycles. The van der Waals surface area contributed by atoms with Crippen molar-refractivity contribution in [2.75, 3.05) is 14.2 Å². The Bertz CT molecular complexity index is 2870. The highest BCUT2D eigenvalue weighted by Crippen LogP contribution is 2.64. The summed E-state index contributed by atoms with van der Waals surface area (Å²) in [5.74, 6) is -50.4. The van der Waals surface area contributed by atoms with Gasteiger partial charge in [0.2, 0.25) is 4.90 Å². The lowest BCUT2D eigenvalue weighted by atomic mass is 9.91. The molecule has 71 heavy (non-hydrogen) atoms. The van der Waals surface area contributed by atoms with Crippen LogP contribution in [0.4, 0.5) is 74.6 Å². The van der Waals surface area contributed by atoms with E-state index in [0.717, 1.165) is 21.3 Å². The molecule has 0 aliphatic rings. The van der Waals surface area contributed by atoms with E-state index in [1.165, 1.54) is 36.9 Å². The Morgan fingerprint density at radius 3 is 1.25 bits per heavy atom. The summed E-state index contributed by atoms with van der Waals surface area (Å²) in [5, 5.41) is -7.95. The van der Waals surface area contributed by atoms with Gasteiger partial charge in [-0.15, -0.1) is 0 Å². The van der Waals surface area contributed by atoms with Crippen molar-refractivity contribution >= 4 is 32.8 Å². The molecular weight excluding hydrogens is 1050 g/mol. The average molecular weight is 1080 g/mol. The molecule has 6 aromatic carbocycles. The van der Waals surface area contributed by atoms with Crippen molar-refractivity contribution in [3.63, 3.8) is 0 Å². The summed E-state index contributed by atoms with van der Waals surface area (Å²) in [6, 6.07) is 53.4. The van der Waals surface area contributed by atoms with Crippen molar-refractivity contribution in [1.82, 2.24) is 0 Å². The maximum atomic E-state index is 13.0. The minimum atomic E-state index is -8.92. The highest BCUT2D eigenvalue weighted by molar-refractivity contribution is 7.99. The van der Waals surface area contributed by atoms with Crippen molar-refractivity contribution in [3.05, 3.63) is 152 Å². The molecule has 382 valence electrons. The Kier molecular flexibility index (Phi) is 16.2. The van der Waals surface area contributed by atoms with Gasteiger partial charge in [-0.2, -0.15) is 74.6 Å². The van der Waals surface area contributed by atoms with Crippen LogP contribution < -0.4 is 9.47 Å². The van der Waals surface area contributed by atoms with Crippen LogP contribution in [0.15, 0.2) is 176 Å². The van der Waals surface area contributed by atoms with Crippen molar-refractivity contribution in [3.8, 4) is 33.8 Å². The molecule has 0 saturated carbocycles. The Balaban J connectivity index is 0.000000286. The van der Waals surface area contributed by atoms with Gasteiger partial charge >= 0.3 is 47.0 Å². The summed E-state index contributed by atoms with van der Waals surface area (Å²) in [5.41, 5.74) is 4.84. The molecular formula is C46H31F17O5S3. The van der Waals surface area contributed by atoms with Crippen LogP contribution in [0.3, 0.4) is 0 Å². The third kappa shape index (κ3) is 10.5. The van der Waals surface area contributed by atoms with Gasteiger partial charge in [0.05, 0.1) is 19.1 Å². The van der Waals surface area contributed by atoms with Gasteiger partial charge in [0.25, 0.3) is 0 Å². The Hall–Kier alpha value is -5.66. The minimum absolute atomic E-state index is 0.396. The van der Waals surface area contributed by atoms with Gasteiger partial charge in [-0.05, 0) is 82.9 Å². The second-order valence-electron chi connectivity index (χ2n) is 14.6. The summed E-state index contributed by atoms with van der Waals surface area (Å²) in [7, 11) is -5.05. The van der Waals surface area contributed by atoms with Crippen LogP contribution in [-0.2, 0) is 21.0 Å². The first kappa shape index (κ1) is 56.3. The summed E-state index contributed by atoms with van der Waals surface area (Å²) in [6.45, 7) is 0. The molecule has 1 atom stereocenters. The van der Waals surface area contributed by atoms with Gasteiger partial charge in [0.1, 0.15) is 16.6 Å². The number of hydrogen-bond donors (Lipinski definition) is 0. The zero-order valence-corrected chi connectivity index (χ0v) is 38.1. The van der Waals surface area contributed by atoms with E-state index in [-0.39, 0.29) is 0 Å². The molecule has 0 amide bonds. The lowest BCUT2D eigenvalue weighted by molar-refractivity contribution is -0.458. The van der Waals surface area contributed by atoms with E-state index in [9.17, 15) is 87.6 Å². The van der Waals surface area contributed by atoms with E-state index < -0.39 is 68.0 Å². The van der Waals surface area contributed by atoms with Crippen LogP contribution in [0, 0.1) is 0 Å². The first-order chi connectivity index (χ1) is 32.7. The standard InChI is InChI=1S/C38H31O2S2.C8HF17O3S/c1-39-35-15-9-10-16-38(35)42(33-23-19-31(20-24-33)29-13-7-4-8-14-29)34-25-26-37(36(27-34)40-2)41-32-21-17-30(18-22-32)28-11-5-3-6-12-28;9-1(10,3(13,14)5(17,18)7(21,22)23)2(11,12)4(15,16)6(19,20)8(24,25)29(26,27)28/h3-27H,1-2H3;(H,26,27,28)/q+1;/p-1. The quantitative estimate of drug-likeness (QED) is 0.0546. The third-order valence-corrected chi connectivity index (χ3v) is 14.2. The van der Waals surface area contributed by atoms with E-state index in [0.29, 0.717) is 0 Å². The maximum absolute atomic E-state index is 13.0. The van der Waals surface area contributed by atoms with E-state index in [1.807, 2.05) is 24.3 Å². The number of alkyl halides is 17. The molecule has 5 nitrogen and oxygen atoms in total. The Labute approximate surface area is 399 Å².